The number of carbonyl (C=O) groups excluding carboxylic acids is 1. The second kappa shape index (κ2) is 8.57. The summed E-state index contributed by atoms with van der Waals surface area (Å²) in [7, 11) is 0. The highest BCUT2D eigenvalue weighted by molar-refractivity contribution is 7.22. The molecule has 0 spiro atoms. The first-order valence-corrected chi connectivity index (χ1v) is 10.6. The third-order valence-corrected chi connectivity index (χ3v) is 6.35. The van der Waals surface area contributed by atoms with Crippen molar-refractivity contribution in [2.24, 2.45) is 0 Å². The van der Waals surface area contributed by atoms with Crippen molar-refractivity contribution >= 4 is 32.6 Å². The second-order valence-electron chi connectivity index (χ2n) is 7.34. The van der Waals surface area contributed by atoms with Gasteiger partial charge in [0.1, 0.15) is 5.82 Å². The number of fused-ring (bicyclic) bond motifs is 1. The number of thiazole rings is 1. The largest absolute Gasteiger partial charge is 0.379 e. The van der Waals surface area contributed by atoms with Crippen molar-refractivity contribution in [2.75, 3.05) is 44.3 Å². The van der Waals surface area contributed by atoms with Gasteiger partial charge >= 0.3 is 0 Å². The Hall–Kier alpha value is -2.35. The third kappa shape index (κ3) is 4.47. The summed E-state index contributed by atoms with van der Waals surface area (Å²) in [4.78, 5) is 22.1. The van der Waals surface area contributed by atoms with Gasteiger partial charge in [0.05, 0.1) is 23.4 Å². The first-order chi connectivity index (χ1) is 14.0. The van der Waals surface area contributed by atoms with E-state index in [2.05, 4.69) is 17.9 Å². The number of rotatable bonds is 5. The van der Waals surface area contributed by atoms with Crippen LogP contribution in [-0.2, 0) is 4.74 Å². The van der Waals surface area contributed by atoms with E-state index in [0.29, 0.717) is 30.5 Å². The maximum Gasteiger partial charge on any atom is 0.260 e. The molecular formula is C22H24FN3O2S. The van der Waals surface area contributed by atoms with Crippen LogP contribution in [0.5, 0.6) is 0 Å². The molecule has 1 aliphatic rings. The van der Waals surface area contributed by atoms with E-state index in [-0.39, 0.29) is 11.7 Å². The number of aromatic nitrogens is 1. The Morgan fingerprint density at radius 1 is 1.21 bits per heavy atom. The minimum absolute atomic E-state index is 0.160. The van der Waals surface area contributed by atoms with E-state index in [4.69, 9.17) is 9.72 Å². The van der Waals surface area contributed by atoms with Crippen molar-refractivity contribution in [3.8, 4) is 0 Å². The summed E-state index contributed by atoms with van der Waals surface area (Å²) in [6, 6.07) is 9.87. The van der Waals surface area contributed by atoms with Crippen LogP contribution in [0, 0.1) is 19.7 Å². The summed E-state index contributed by atoms with van der Waals surface area (Å²) in [5, 5.41) is 0.677. The van der Waals surface area contributed by atoms with Gasteiger partial charge in [-0.3, -0.25) is 14.6 Å². The van der Waals surface area contributed by atoms with Crippen LogP contribution in [0.4, 0.5) is 9.52 Å². The first-order valence-electron chi connectivity index (χ1n) is 9.76. The molecule has 7 heteroatoms. The minimum Gasteiger partial charge on any atom is -0.379 e. The molecule has 0 radical (unpaired) electrons. The lowest BCUT2D eigenvalue weighted by Crippen LogP contribution is -2.43. The molecule has 0 atom stereocenters. The highest BCUT2D eigenvalue weighted by atomic mass is 32.1. The number of morpholine rings is 1. The summed E-state index contributed by atoms with van der Waals surface area (Å²) >= 11 is 1.53. The van der Waals surface area contributed by atoms with Crippen LogP contribution in [-0.4, -0.2) is 55.2 Å². The Morgan fingerprint density at radius 3 is 2.66 bits per heavy atom. The minimum atomic E-state index is -0.354. The van der Waals surface area contributed by atoms with Crippen LogP contribution in [0.3, 0.4) is 0 Å². The lowest BCUT2D eigenvalue weighted by Gasteiger charge is -2.29. The summed E-state index contributed by atoms with van der Waals surface area (Å²) in [5.41, 5.74) is 3.68. The van der Waals surface area contributed by atoms with Crippen LogP contribution in [0.1, 0.15) is 21.5 Å². The van der Waals surface area contributed by atoms with Crippen molar-refractivity contribution in [1.29, 1.82) is 0 Å². The Kier molecular flexibility index (Phi) is 5.89. The standard InChI is InChI=1S/C22H24FN3O2S/c1-15-13-16(2)20-19(14-15)24-22(29-20)26(8-7-25-9-11-28-12-10-25)21(27)17-3-5-18(23)6-4-17/h3-6,13-14H,7-12H2,1-2H3. The zero-order valence-corrected chi connectivity index (χ0v) is 17.5. The molecule has 1 aromatic heterocycles. The average Bonchev–Trinajstić information content (AvgIpc) is 3.13. The predicted octanol–water partition coefficient (Wildman–Crippen LogP) is 4.03. The van der Waals surface area contributed by atoms with Gasteiger partial charge in [0, 0.05) is 31.7 Å². The highest BCUT2D eigenvalue weighted by Crippen LogP contribution is 2.32. The smallest absolute Gasteiger partial charge is 0.260 e. The number of benzene rings is 2. The van der Waals surface area contributed by atoms with E-state index < -0.39 is 0 Å². The quantitative estimate of drug-likeness (QED) is 0.634. The molecule has 1 saturated heterocycles. The van der Waals surface area contributed by atoms with Crippen LogP contribution < -0.4 is 4.90 Å². The van der Waals surface area contributed by atoms with Gasteiger partial charge in [-0.25, -0.2) is 9.37 Å². The summed E-state index contributed by atoms with van der Waals surface area (Å²) in [6.07, 6.45) is 0. The van der Waals surface area contributed by atoms with Gasteiger partial charge in [-0.1, -0.05) is 17.4 Å². The van der Waals surface area contributed by atoms with Gasteiger partial charge in [-0.15, -0.1) is 0 Å². The zero-order chi connectivity index (χ0) is 20.4. The van der Waals surface area contributed by atoms with Gasteiger partial charge in [0.15, 0.2) is 5.13 Å². The predicted molar refractivity (Wildman–Crippen MR) is 114 cm³/mol. The van der Waals surface area contributed by atoms with Crippen molar-refractivity contribution in [1.82, 2.24) is 9.88 Å². The normalized spacial score (nSPS) is 15.0. The van der Waals surface area contributed by atoms with Crippen molar-refractivity contribution in [3.05, 3.63) is 58.9 Å². The topological polar surface area (TPSA) is 45.7 Å². The summed E-state index contributed by atoms with van der Waals surface area (Å²) < 4.78 is 19.8. The number of ether oxygens (including phenoxy) is 1. The molecule has 1 aliphatic heterocycles. The molecule has 152 valence electrons. The van der Waals surface area contributed by atoms with Crippen LogP contribution in [0.2, 0.25) is 0 Å². The zero-order valence-electron chi connectivity index (χ0n) is 16.7. The Morgan fingerprint density at radius 2 is 1.93 bits per heavy atom. The fourth-order valence-electron chi connectivity index (χ4n) is 3.58. The molecule has 3 aromatic rings. The molecule has 1 fully saturated rings. The molecule has 0 unspecified atom stereocenters. The Labute approximate surface area is 173 Å². The molecule has 2 heterocycles. The van der Waals surface area contributed by atoms with E-state index in [1.54, 1.807) is 4.90 Å². The van der Waals surface area contributed by atoms with E-state index in [0.717, 1.165) is 41.0 Å². The number of amides is 1. The first kappa shape index (κ1) is 19.9. The molecule has 29 heavy (non-hydrogen) atoms. The molecule has 0 N–H and O–H groups in total. The van der Waals surface area contributed by atoms with Crippen LogP contribution in [0.25, 0.3) is 10.2 Å². The van der Waals surface area contributed by atoms with E-state index in [1.165, 1.54) is 35.6 Å². The van der Waals surface area contributed by atoms with Gasteiger partial charge in [-0.2, -0.15) is 0 Å². The van der Waals surface area contributed by atoms with Crippen molar-refractivity contribution in [2.45, 2.75) is 13.8 Å². The lowest BCUT2D eigenvalue weighted by atomic mass is 10.1. The number of anilines is 1. The maximum atomic E-state index is 13.3. The molecular weight excluding hydrogens is 389 g/mol. The number of carbonyl (C=O) groups is 1. The highest BCUT2D eigenvalue weighted by Gasteiger charge is 2.23. The third-order valence-electron chi connectivity index (χ3n) is 5.12. The number of aryl methyl sites for hydroxylation is 2. The Balaban J connectivity index is 1.66. The molecule has 2 aromatic carbocycles. The number of halogens is 1. The maximum absolute atomic E-state index is 13.3. The molecule has 5 nitrogen and oxygen atoms in total. The molecule has 0 bridgehead atoms. The summed E-state index contributed by atoms with van der Waals surface area (Å²) in [6.45, 7) is 8.52. The van der Waals surface area contributed by atoms with Gasteiger partial charge < -0.3 is 4.74 Å². The fourth-order valence-corrected chi connectivity index (χ4v) is 4.62. The molecule has 1 amide bonds. The van der Waals surface area contributed by atoms with Crippen LogP contribution >= 0.6 is 11.3 Å². The molecule has 4 rings (SSSR count). The second-order valence-corrected chi connectivity index (χ2v) is 8.32. The lowest BCUT2D eigenvalue weighted by molar-refractivity contribution is 0.0391. The van der Waals surface area contributed by atoms with Crippen LogP contribution in [0.15, 0.2) is 36.4 Å². The Bertz CT molecular complexity index is 1010. The van der Waals surface area contributed by atoms with E-state index in [9.17, 15) is 9.18 Å². The van der Waals surface area contributed by atoms with E-state index >= 15 is 0 Å². The van der Waals surface area contributed by atoms with Gasteiger partial charge in [-0.05, 0) is 55.3 Å². The van der Waals surface area contributed by atoms with Gasteiger partial charge in [0.25, 0.3) is 5.91 Å². The van der Waals surface area contributed by atoms with Gasteiger partial charge in [0.2, 0.25) is 0 Å². The number of hydrogen-bond donors (Lipinski definition) is 0. The van der Waals surface area contributed by atoms with E-state index in [1.807, 2.05) is 13.0 Å². The molecule has 0 aliphatic carbocycles. The monoisotopic (exact) mass is 413 g/mol. The average molecular weight is 414 g/mol. The fraction of sp³-hybridized carbons (Fsp3) is 0.364. The SMILES string of the molecule is Cc1cc(C)c2sc(N(CCN3CCOCC3)C(=O)c3ccc(F)cc3)nc2c1. The number of hydrogen-bond acceptors (Lipinski definition) is 5. The number of nitrogens with zero attached hydrogens (tertiary/aromatic N) is 3. The van der Waals surface area contributed by atoms with Crippen molar-refractivity contribution < 1.29 is 13.9 Å². The van der Waals surface area contributed by atoms with Crippen molar-refractivity contribution in [3.63, 3.8) is 0 Å². The summed E-state index contributed by atoms with van der Waals surface area (Å²) in [5.74, 6) is -0.515. The molecule has 0 saturated carbocycles.